The van der Waals surface area contributed by atoms with Crippen LogP contribution in [-0.2, 0) is 4.79 Å². The number of aliphatic hydroxyl groups excluding tert-OH is 1. The number of aliphatic carboxylic acids is 1. The van der Waals surface area contributed by atoms with Gasteiger partial charge in [-0.1, -0.05) is 0 Å². The van der Waals surface area contributed by atoms with Crippen LogP contribution in [0.3, 0.4) is 0 Å². The maximum absolute atomic E-state index is 10.1. The highest BCUT2D eigenvalue weighted by Gasteiger charge is 2.19. The van der Waals surface area contributed by atoms with Gasteiger partial charge < -0.3 is 15.5 Å². The van der Waals surface area contributed by atoms with Gasteiger partial charge in [0.25, 0.3) is 0 Å². The highest BCUT2D eigenvalue weighted by atomic mass is 35.5. The molecule has 4 nitrogen and oxygen atoms in total. The lowest BCUT2D eigenvalue weighted by atomic mass is 10.2. The summed E-state index contributed by atoms with van der Waals surface area (Å²) in [5.74, 6) is -1.03. The fourth-order valence-electron chi connectivity index (χ4n) is 0.571. The normalized spacial score (nSPS) is 15.1. The van der Waals surface area contributed by atoms with Crippen LogP contribution in [0.1, 0.15) is 6.92 Å². The lowest BCUT2D eigenvalue weighted by Crippen LogP contribution is -2.42. The SMILES string of the molecule is CN[C@@H](C(=O)O)[C@@H](C)O.Cl. The summed E-state index contributed by atoms with van der Waals surface area (Å²) in [6.07, 6.45) is -0.854. The first-order valence-electron chi connectivity index (χ1n) is 2.67. The third-order valence-electron chi connectivity index (χ3n) is 1.06. The Labute approximate surface area is 65.7 Å². The number of likely N-dealkylation sites (N-methyl/N-ethyl adjacent to an activating group) is 1. The molecule has 5 heteroatoms. The van der Waals surface area contributed by atoms with Crippen molar-refractivity contribution in [2.24, 2.45) is 0 Å². The molecule has 0 aliphatic rings. The highest BCUT2D eigenvalue weighted by molar-refractivity contribution is 5.85. The molecule has 0 saturated heterocycles. The number of hydrogen-bond donors (Lipinski definition) is 3. The molecule has 0 unspecified atom stereocenters. The van der Waals surface area contributed by atoms with Crippen molar-refractivity contribution in [2.75, 3.05) is 7.05 Å². The van der Waals surface area contributed by atoms with Gasteiger partial charge in [0, 0.05) is 0 Å². The molecule has 0 aromatic carbocycles. The Balaban J connectivity index is 0. The summed E-state index contributed by atoms with van der Waals surface area (Å²) in [4.78, 5) is 10.1. The molecule has 0 amide bonds. The lowest BCUT2D eigenvalue weighted by molar-refractivity contribution is -0.141. The van der Waals surface area contributed by atoms with E-state index >= 15 is 0 Å². The fraction of sp³-hybridized carbons (Fsp3) is 0.800. The third-order valence-corrected chi connectivity index (χ3v) is 1.06. The zero-order valence-electron chi connectivity index (χ0n) is 5.87. The van der Waals surface area contributed by atoms with Crippen molar-refractivity contribution in [1.82, 2.24) is 5.32 Å². The number of carboxylic acid groups (broad SMARTS) is 1. The zero-order valence-corrected chi connectivity index (χ0v) is 6.68. The first kappa shape index (κ1) is 12.4. The molecule has 0 rings (SSSR count). The van der Waals surface area contributed by atoms with E-state index in [-0.39, 0.29) is 12.4 Å². The van der Waals surface area contributed by atoms with Crippen LogP contribution in [0.5, 0.6) is 0 Å². The number of halogens is 1. The summed E-state index contributed by atoms with van der Waals surface area (Å²) < 4.78 is 0. The molecular formula is C5H12ClNO3. The first-order chi connectivity index (χ1) is 4.09. The summed E-state index contributed by atoms with van der Waals surface area (Å²) >= 11 is 0. The number of hydrogen-bond acceptors (Lipinski definition) is 3. The molecule has 0 heterocycles. The standard InChI is InChI=1S/C5H11NO3.ClH/c1-3(7)4(6-2)5(8)9;/h3-4,6-7H,1-2H3,(H,8,9);1H/t3-,4-;/m1./s1. The van der Waals surface area contributed by atoms with E-state index in [1.54, 1.807) is 0 Å². The maximum atomic E-state index is 10.1. The summed E-state index contributed by atoms with van der Waals surface area (Å²) in [7, 11) is 1.49. The number of aliphatic hydroxyl groups is 1. The molecule has 0 aliphatic carbocycles. The average molecular weight is 170 g/mol. The van der Waals surface area contributed by atoms with E-state index in [1.165, 1.54) is 14.0 Å². The van der Waals surface area contributed by atoms with Crippen LogP contribution in [0.4, 0.5) is 0 Å². The fourth-order valence-corrected chi connectivity index (χ4v) is 0.571. The number of rotatable bonds is 3. The average Bonchev–Trinajstić information content (AvgIpc) is 1.64. The third kappa shape index (κ3) is 3.66. The molecular weight excluding hydrogens is 158 g/mol. The van der Waals surface area contributed by atoms with Gasteiger partial charge in [-0.2, -0.15) is 0 Å². The monoisotopic (exact) mass is 169 g/mol. The van der Waals surface area contributed by atoms with Gasteiger partial charge in [0.05, 0.1) is 6.10 Å². The van der Waals surface area contributed by atoms with E-state index < -0.39 is 18.1 Å². The molecule has 10 heavy (non-hydrogen) atoms. The summed E-state index contributed by atoms with van der Waals surface area (Å²) in [5, 5.41) is 19.5. The van der Waals surface area contributed by atoms with Gasteiger partial charge in [-0.05, 0) is 14.0 Å². The Bertz CT molecular complexity index is 107. The van der Waals surface area contributed by atoms with Gasteiger partial charge in [0.2, 0.25) is 0 Å². The molecule has 0 bridgehead atoms. The molecule has 3 N–H and O–H groups in total. The van der Waals surface area contributed by atoms with Crippen LogP contribution >= 0.6 is 12.4 Å². The van der Waals surface area contributed by atoms with Crippen molar-refractivity contribution in [1.29, 1.82) is 0 Å². The summed E-state index contributed by atoms with van der Waals surface area (Å²) in [5.41, 5.74) is 0. The van der Waals surface area contributed by atoms with Gasteiger partial charge in [-0.3, -0.25) is 4.79 Å². The van der Waals surface area contributed by atoms with E-state index in [4.69, 9.17) is 10.2 Å². The second-order valence-electron chi connectivity index (χ2n) is 1.85. The van der Waals surface area contributed by atoms with Crippen LogP contribution in [0.15, 0.2) is 0 Å². The number of carbonyl (C=O) groups is 1. The number of nitrogens with one attached hydrogen (secondary N) is 1. The van der Waals surface area contributed by atoms with Gasteiger partial charge in [0.1, 0.15) is 6.04 Å². The molecule has 0 fully saturated rings. The first-order valence-corrected chi connectivity index (χ1v) is 2.67. The minimum atomic E-state index is -1.03. The van der Waals surface area contributed by atoms with Crippen LogP contribution in [0.2, 0.25) is 0 Å². The van der Waals surface area contributed by atoms with Crippen LogP contribution in [-0.4, -0.2) is 35.4 Å². The Kier molecular flexibility index (Phi) is 6.76. The van der Waals surface area contributed by atoms with Gasteiger partial charge >= 0.3 is 5.97 Å². The van der Waals surface area contributed by atoms with Crippen molar-refractivity contribution in [3.63, 3.8) is 0 Å². The van der Waals surface area contributed by atoms with E-state index in [1.807, 2.05) is 0 Å². The van der Waals surface area contributed by atoms with Gasteiger partial charge in [0.15, 0.2) is 0 Å². The van der Waals surface area contributed by atoms with E-state index in [0.29, 0.717) is 0 Å². The quantitative estimate of drug-likeness (QED) is 0.531. The van der Waals surface area contributed by atoms with Crippen molar-refractivity contribution >= 4 is 18.4 Å². The highest BCUT2D eigenvalue weighted by Crippen LogP contribution is 1.89. The van der Waals surface area contributed by atoms with Crippen molar-refractivity contribution in [3.8, 4) is 0 Å². The second kappa shape index (κ2) is 5.46. The Hall–Kier alpha value is -0.320. The maximum Gasteiger partial charge on any atom is 0.323 e. The minimum Gasteiger partial charge on any atom is -0.480 e. The van der Waals surface area contributed by atoms with E-state index in [2.05, 4.69) is 5.32 Å². The zero-order chi connectivity index (χ0) is 7.44. The van der Waals surface area contributed by atoms with Crippen LogP contribution in [0, 0.1) is 0 Å². The molecule has 62 valence electrons. The Morgan fingerprint density at radius 1 is 1.60 bits per heavy atom. The van der Waals surface area contributed by atoms with Crippen molar-refractivity contribution < 1.29 is 15.0 Å². The molecule has 2 atom stereocenters. The predicted molar refractivity (Wildman–Crippen MR) is 39.4 cm³/mol. The second-order valence-corrected chi connectivity index (χ2v) is 1.85. The van der Waals surface area contributed by atoms with E-state index in [9.17, 15) is 4.79 Å². The van der Waals surface area contributed by atoms with Crippen LogP contribution in [0.25, 0.3) is 0 Å². The molecule has 0 aromatic rings. The topological polar surface area (TPSA) is 69.6 Å². The molecule has 0 aromatic heterocycles. The predicted octanol–water partition coefficient (Wildman–Crippen LogP) is -0.538. The Morgan fingerprint density at radius 2 is 2.00 bits per heavy atom. The van der Waals surface area contributed by atoms with Crippen molar-refractivity contribution in [2.45, 2.75) is 19.1 Å². The summed E-state index contributed by atoms with van der Waals surface area (Å²) in [6, 6.07) is -0.856. The molecule has 0 saturated carbocycles. The van der Waals surface area contributed by atoms with Gasteiger partial charge in [-0.25, -0.2) is 0 Å². The summed E-state index contributed by atoms with van der Waals surface area (Å²) in [6.45, 7) is 1.43. The largest absolute Gasteiger partial charge is 0.480 e. The minimum absolute atomic E-state index is 0. The molecule has 0 aliphatic heterocycles. The van der Waals surface area contributed by atoms with Gasteiger partial charge in [-0.15, -0.1) is 12.4 Å². The van der Waals surface area contributed by atoms with Crippen LogP contribution < -0.4 is 5.32 Å². The lowest BCUT2D eigenvalue weighted by Gasteiger charge is -2.12. The van der Waals surface area contributed by atoms with Crippen molar-refractivity contribution in [3.05, 3.63) is 0 Å². The number of carboxylic acids is 1. The smallest absolute Gasteiger partial charge is 0.323 e. The van der Waals surface area contributed by atoms with E-state index in [0.717, 1.165) is 0 Å². The molecule has 0 radical (unpaired) electrons. The Morgan fingerprint density at radius 3 is 2.00 bits per heavy atom. The molecule has 0 spiro atoms.